The van der Waals surface area contributed by atoms with E-state index in [0.717, 1.165) is 44.1 Å². The van der Waals surface area contributed by atoms with E-state index in [1.807, 2.05) is 16.7 Å². The van der Waals surface area contributed by atoms with Crippen molar-refractivity contribution in [3.8, 4) is 5.75 Å². The van der Waals surface area contributed by atoms with Gasteiger partial charge in [-0.25, -0.2) is 0 Å². The highest BCUT2D eigenvalue weighted by Crippen LogP contribution is 2.16. The minimum atomic E-state index is 0.270. The molecule has 0 spiro atoms. The van der Waals surface area contributed by atoms with Crippen molar-refractivity contribution in [3.05, 3.63) is 35.7 Å². The van der Waals surface area contributed by atoms with Crippen LogP contribution < -0.4 is 0 Å². The van der Waals surface area contributed by atoms with Crippen molar-refractivity contribution < 1.29 is 5.11 Å². The molecule has 22 heavy (non-hydrogen) atoms. The monoisotopic (exact) mass is 319 g/mol. The van der Waals surface area contributed by atoms with Crippen LogP contribution in [0.3, 0.4) is 0 Å². The molecule has 118 valence electrons. The van der Waals surface area contributed by atoms with Crippen LogP contribution in [0.5, 0.6) is 5.75 Å². The summed E-state index contributed by atoms with van der Waals surface area (Å²) in [6.45, 7) is 5.63. The molecule has 6 nitrogen and oxygen atoms in total. The van der Waals surface area contributed by atoms with E-state index in [-0.39, 0.29) is 5.75 Å². The SMILES string of the molecule is CN1CCN(Cc2nnc(S)n2Cc2cccc(O)c2)CC1. The zero-order valence-electron chi connectivity index (χ0n) is 12.7. The molecule has 1 saturated heterocycles. The van der Waals surface area contributed by atoms with Crippen molar-refractivity contribution in [3.63, 3.8) is 0 Å². The molecule has 0 aliphatic carbocycles. The molecule has 1 N–H and O–H groups in total. The summed E-state index contributed by atoms with van der Waals surface area (Å²) < 4.78 is 2.00. The summed E-state index contributed by atoms with van der Waals surface area (Å²) in [6.07, 6.45) is 0. The Morgan fingerprint density at radius 3 is 2.64 bits per heavy atom. The topological polar surface area (TPSA) is 57.4 Å². The van der Waals surface area contributed by atoms with Gasteiger partial charge in [-0.2, -0.15) is 0 Å². The fourth-order valence-electron chi connectivity index (χ4n) is 2.65. The second kappa shape index (κ2) is 6.68. The van der Waals surface area contributed by atoms with Crippen LogP contribution in [-0.4, -0.2) is 62.9 Å². The summed E-state index contributed by atoms with van der Waals surface area (Å²) in [5.74, 6) is 1.19. The molecular formula is C15H21N5OS. The summed E-state index contributed by atoms with van der Waals surface area (Å²) in [5.41, 5.74) is 1.01. The first-order chi connectivity index (χ1) is 10.6. The Balaban J connectivity index is 1.73. The van der Waals surface area contributed by atoms with E-state index in [9.17, 15) is 5.11 Å². The summed E-state index contributed by atoms with van der Waals surface area (Å²) in [6, 6.07) is 7.25. The van der Waals surface area contributed by atoms with Gasteiger partial charge in [0.05, 0.1) is 13.1 Å². The Hall–Kier alpha value is -1.57. The highest BCUT2D eigenvalue weighted by atomic mass is 32.1. The van der Waals surface area contributed by atoms with Gasteiger partial charge in [0.2, 0.25) is 0 Å². The van der Waals surface area contributed by atoms with E-state index in [1.54, 1.807) is 12.1 Å². The van der Waals surface area contributed by atoms with Crippen molar-refractivity contribution >= 4 is 12.6 Å². The normalized spacial score (nSPS) is 17.0. The maximum atomic E-state index is 9.59. The molecule has 1 aliphatic heterocycles. The molecule has 3 rings (SSSR count). The second-order valence-corrected chi connectivity index (χ2v) is 6.15. The molecule has 0 saturated carbocycles. The minimum absolute atomic E-state index is 0.270. The number of likely N-dealkylation sites (N-methyl/N-ethyl adjacent to an activating group) is 1. The second-order valence-electron chi connectivity index (χ2n) is 5.75. The number of thiol groups is 1. The predicted octanol–water partition coefficient (Wildman–Crippen LogP) is 1.07. The lowest BCUT2D eigenvalue weighted by molar-refractivity contribution is 0.144. The first-order valence-corrected chi connectivity index (χ1v) is 7.86. The van der Waals surface area contributed by atoms with Crippen molar-refractivity contribution in [2.45, 2.75) is 18.2 Å². The van der Waals surface area contributed by atoms with E-state index < -0.39 is 0 Å². The van der Waals surface area contributed by atoms with Gasteiger partial charge in [0, 0.05) is 26.2 Å². The molecule has 1 fully saturated rings. The predicted molar refractivity (Wildman–Crippen MR) is 87.3 cm³/mol. The smallest absolute Gasteiger partial charge is 0.188 e. The van der Waals surface area contributed by atoms with Crippen LogP contribution >= 0.6 is 12.6 Å². The average molecular weight is 319 g/mol. The highest BCUT2D eigenvalue weighted by Gasteiger charge is 2.18. The van der Waals surface area contributed by atoms with E-state index in [0.29, 0.717) is 11.7 Å². The number of piperazine rings is 1. The number of aromatic nitrogens is 3. The quantitative estimate of drug-likeness (QED) is 0.826. The van der Waals surface area contributed by atoms with Gasteiger partial charge in [-0.1, -0.05) is 12.1 Å². The van der Waals surface area contributed by atoms with Crippen LogP contribution in [-0.2, 0) is 13.1 Å². The van der Waals surface area contributed by atoms with Crippen LogP contribution in [0, 0.1) is 0 Å². The zero-order valence-corrected chi connectivity index (χ0v) is 13.6. The van der Waals surface area contributed by atoms with Gasteiger partial charge in [-0.3, -0.25) is 4.90 Å². The Labute approximate surface area is 135 Å². The van der Waals surface area contributed by atoms with Crippen molar-refractivity contribution in [1.29, 1.82) is 0 Å². The molecule has 1 aromatic heterocycles. The summed E-state index contributed by atoms with van der Waals surface area (Å²) in [7, 11) is 2.15. The van der Waals surface area contributed by atoms with Crippen molar-refractivity contribution in [2.24, 2.45) is 0 Å². The number of phenols is 1. The fraction of sp³-hybridized carbons (Fsp3) is 0.467. The highest BCUT2D eigenvalue weighted by molar-refractivity contribution is 7.80. The van der Waals surface area contributed by atoms with Crippen LogP contribution in [0.25, 0.3) is 0 Å². The van der Waals surface area contributed by atoms with Gasteiger partial charge in [0.25, 0.3) is 0 Å². The molecular weight excluding hydrogens is 298 g/mol. The largest absolute Gasteiger partial charge is 0.508 e. The Kier molecular flexibility index (Phi) is 4.66. The minimum Gasteiger partial charge on any atom is -0.508 e. The molecule has 0 unspecified atom stereocenters. The van der Waals surface area contributed by atoms with Gasteiger partial charge in [-0.15, -0.1) is 22.8 Å². The summed E-state index contributed by atoms with van der Waals surface area (Å²) >= 11 is 4.41. The number of rotatable bonds is 4. The van der Waals surface area contributed by atoms with Crippen LogP contribution in [0.2, 0.25) is 0 Å². The number of hydrogen-bond donors (Lipinski definition) is 2. The zero-order chi connectivity index (χ0) is 15.5. The summed E-state index contributed by atoms with van der Waals surface area (Å²) in [4.78, 5) is 4.72. The summed E-state index contributed by atoms with van der Waals surface area (Å²) in [5, 5.41) is 18.6. The molecule has 0 amide bonds. The van der Waals surface area contributed by atoms with E-state index in [2.05, 4.69) is 39.7 Å². The lowest BCUT2D eigenvalue weighted by Gasteiger charge is -2.31. The van der Waals surface area contributed by atoms with Crippen LogP contribution in [0.4, 0.5) is 0 Å². The van der Waals surface area contributed by atoms with E-state index in [4.69, 9.17) is 0 Å². The third-order valence-electron chi connectivity index (χ3n) is 4.02. The van der Waals surface area contributed by atoms with Crippen molar-refractivity contribution in [1.82, 2.24) is 24.6 Å². The number of aromatic hydroxyl groups is 1. The Bertz CT molecular complexity index is 637. The molecule has 0 atom stereocenters. The van der Waals surface area contributed by atoms with Gasteiger partial charge < -0.3 is 14.6 Å². The van der Waals surface area contributed by atoms with Gasteiger partial charge in [-0.05, 0) is 24.7 Å². The van der Waals surface area contributed by atoms with Crippen LogP contribution in [0.15, 0.2) is 29.4 Å². The van der Waals surface area contributed by atoms with Crippen LogP contribution in [0.1, 0.15) is 11.4 Å². The van der Waals surface area contributed by atoms with E-state index >= 15 is 0 Å². The van der Waals surface area contributed by atoms with Gasteiger partial charge >= 0.3 is 0 Å². The Morgan fingerprint density at radius 1 is 1.14 bits per heavy atom. The van der Waals surface area contributed by atoms with Crippen molar-refractivity contribution in [2.75, 3.05) is 33.2 Å². The van der Waals surface area contributed by atoms with Gasteiger partial charge in [0.15, 0.2) is 5.16 Å². The standard InChI is InChI=1S/C15H21N5OS/c1-18-5-7-19(8-6-18)11-14-16-17-15(22)20(14)10-12-3-2-4-13(21)9-12/h2-4,9,21H,5-8,10-11H2,1H3,(H,17,22). The first-order valence-electron chi connectivity index (χ1n) is 7.41. The lowest BCUT2D eigenvalue weighted by Crippen LogP contribution is -2.44. The fourth-order valence-corrected chi connectivity index (χ4v) is 2.88. The number of benzene rings is 1. The lowest BCUT2D eigenvalue weighted by atomic mass is 10.2. The maximum absolute atomic E-state index is 9.59. The third kappa shape index (κ3) is 3.60. The van der Waals surface area contributed by atoms with E-state index in [1.165, 1.54) is 0 Å². The molecule has 7 heteroatoms. The first kappa shape index (κ1) is 15.3. The molecule has 0 bridgehead atoms. The number of phenolic OH excluding ortho intramolecular Hbond substituents is 1. The Morgan fingerprint density at radius 2 is 1.91 bits per heavy atom. The molecule has 0 radical (unpaired) electrons. The molecule has 2 aromatic rings. The average Bonchev–Trinajstić information content (AvgIpc) is 2.83. The number of nitrogens with zero attached hydrogens (tertiary/aromatic N) is 5. The molecule has 2 heterocycles. The van der Waals surface area contributed by atoms with Gasteiger partial charge in [0.1, 0.15) is 11.6 Å². The maximum Gasteiger partial charge on any atom is 0.188 e. The molecule has 1 aromatic carbocycles. The molecule has 1 aliphatic rings. The number of hydrogen-bond acceptors (Lipinski definition) is 6. The third-order valence-corrected chi connectivity index (χ3v) is 4.35.